The van der Waals surface area contributed by atoms with Crippen LogP contribution in [0.5, 0.6) is 11.6 Å². The van der Waals surface area contributed by atoms with Crippen molar-refractivity contribution >= 4 is 11.6 Å². The fourth-order valence-electron chi connectivity index (χ4n) is 3.31. The van der Waals surface area contributed by atoms with Gasteiger partial charge in [-0.25, -0.2) is 4.98 Å². The van der Waals surface area contributed by atoms with E-state index in [4.69, 9.17) is 9.47 Å². The standard InChI is InChI=1S/C23H24N4O3/c1-26(2)18-6-4-5-17(13-18)21-24-14-20-22(25-21)30-12-11-27(23(20)28)15-16-7-9-19(29-3)10-8-16/h4-10,13-14H,11-12,15H2,1-3H3. The SMILES string of the molecule is COc1ccc(CN2CCOc3nc(-c4cccc(N(C)C)c4)ncc3C2=O)cc1. The number of anilines is 1. The summed E-state index contributed by atoms with van der Waals surface area (Å²) < 4.78 is 11.0. The number of methoxy groups -OCH3 is 1. The fraction of sp³-hybridized carbons (Fsp3) is 0.261. The Bertz CT molecular complexity index is 1050. The van der Waals surface area contributed by atoms with Crippen LogP contribution in [-0.4, -0.2) is 55.1 Å². The van der Waals surface area contributed by atoms with Gasteiger partial charge in [0.15, 0.2) is 5.82 Å². The molecule has 0 atom stereocenters. The zero-order valence-corrected chi connectivity index (χ0v) is 17.3. The monoisotopic (exact) mass is 404 g/mol. The molecular formula is C23H24N4O3. The third-order valence-electron chi connectivity index (χ3n) is 5.02. The smallest absolute Gasteiger partial charge is 0.261 e. The highest BCUT2D eigenvalue weighted by atomic mass is 16.5. The summed E-state index contributed by atoms with van der Waals surface area (Å²) in [5.41, 5.74) is 3.33. The van der Waals surface area contributed by atoms with Crippen LogP contribution in [0.4, 0.5) is 5.69 Å². The van der Waals surface area contributed by atoms with Crippen molar-refractivity contribution in [2.45, 2.75) is 6.54 Å². The third kappa shape index (κ3) is 4.05. The summed E-state index contributed by atoms with van der Waals surface area (Å²) in [6.07, 6.45) is 1.56. The van der Waals surface area contributed by atoms with Crippen molar-refractivity contribution in [2.24, 2.45) is 0 Å². The maximum atomic E-state index is 13.1. The Morgan fingerprint density at radius 2 is 1.97 bits per heavy atom. The van der Waals surface area contributed by atoms with E-state index in [0.717, 1.165) is 22.6 Å². The molecule has 0 radical (unpaired) electrons. The van der Waals surface area contributed by atoms with Crippen LogP contribution >= 0.6 is 0 Å². The molecule has 0 unspecified atom stereocenters. The average molecular weight is 404 g/mol. The van der Waals surface area contributed by atoms with Crippen molar-refractivity contribution in [2.75, 3.05) is 39.3 Å². The Morgan fingerprint density at radius 1 is 1.17 bits per heavy atom. The van der Waals surface area contributed by atoms with Gasteiger partial charge in [0.05, 0.1) is 13.7 Å². The zero-order valence-electron chi connectivity index (χ0n) is 17.3. The van der Waals surface area contributed by atoms with Gasteiger partial charge in [0, 0.05) is 38.1 Å². The average Bonchev–Trinajstić information content (AvgIpc) is 2.93. The van der Waals surface area contributed by atoms with E-state index in [-0.39, 0.29) is 5.91 Å². The molecule has 7 nitrogen and oxygen atoms in total. The summed E-state index contributed by atoms with van der Waals surface area (Å²) >= 11 is 0. The molecule has 0 fully saturated rings. The third-order valence-corrected chi connectivity index (χ3v) is 5.02. The maximum Gasteiger partial charge on any atom is 0.261 e. The molecule has 2 heterocycles. The number of carbonyl (C=O) groups excluding carboxylic acids is 1. The lowest BCUT2D eigenvalue weighted by Gasteiger charge is -2.20. The van der Waals surface area contributed by atoms with E-state index in [1.807, 2.05) is 67.5 Å². The lowest BCUT2D eigenvalue weighted by atomic mass is 10.1. The molecule has 4 rings (SSSR count). The van der Waals surface area contributed by atoms with Gasteiger partial charge in [-0.15, -0.1) is 0 Å². The van der Waals surface area contributed by atoms with E-state index < -0.39 is 0 Å². The van der Waals surface area contributed by atoms with Crippen molar-refractivity contribution in [1.82, 2.24) is 14.9 Å². The molecule has 1 aromatic heterocycles. The molecule has 1 aliphatic rings. The lowest BCUT2D eigenvalue weighted by Crippen LogP contribution is -2.31. The minimum absolute atomic E-state index is 0.132. The van der Waals surface area contributed by atoms with Crippen LogP contribution in [0.1, 0.15) is 15.9 Å². The normalized spacial score (nSPS) is 13.3. The van der Waals surface area contributed by atoms with Gasteiger partial charge in [0.2, 0.25) is 5.88 Å². The van der Waals surface area contributed by atoms with Crippen molar-refractivity contribution in [3.63, 3.8) is 0 Å². The Hall–Kier alpha value is -3.61. The van der Waals surface area contributed by atoms with Crippen LogP contribution < -0.4 is 14.4 Å². The number of fused-ring (bicyclic) bond motifs is 1. The number of hydrogen-bond donors (Lipinski definition) is 0. The first kappa shape index (κ1) is 19.7. The van der Waals surface area contributed by atoms with Gasteiger partial charge in [-0.1, -0.05) is 24.3 Å². The van der Waals surface area contributed by atoms with Crippen LogP contribution in [0.15, 0.2) is 54.7 Å². The molecule has 2 aromatic carbocycles. The molecule has 0 saturated heterocycles. The minimum atomic E-state index is -0.132. The number of hydrogen-bond acceptors (Lipinski definition) is 6. The fourth-order valence-corrected chi connectivity index (χ4v) is 3.31. The molecular weight excluding hydrogens is 380 g/mol. The molecule has 30 heavy (non-hydrogen) atoms. The first-order chi connectivity index (χ1) is 14.5. The van der Waals surface area contributed by atoms with Crippen LogP contribution in [0.25, 0.3) is 11.4 Å². The predicted octanol–water partition coefficient (Wildman–Crippen LogP) is 3.25. The van der Waals surface area contributed by atoms with Crippen LogP contribution in [0.3, 0.4) is 0 Å². The van der Waals surface area contributed by atoms with Crippen LogP contribution in [0, 0.1) is 0 Å². The highest BCUT2D eigenvalue weighted by Gasteiger charge is 2.26. The quantitative estimate of drug-likeness (QED) is 0.650. The van der Waals surface area contributed by atoms with Gasteiger partial charge in [-0.05, 0) is 29.8 Å². The Labute approximate surface area is 175 Å². The molecule has 0 spiro atoms. The van der Waals surface area contributed by atoms with Crippen molar-refractivity contribution in [3.8, 4) is 23.0 Å². The van der Waals surface area contributed by atoms with E-state index >= 15 is 0 Å². The van der Waals surface area contributed by atoms with Crippen molar-refractivity contribution in [3.05, 3.63) is 65.9 Å². The lowest BCUT2D eigenvalue weighted by molar-refractivity contribution is 0.0742. The number of rotatable bonds is 5. The molecule has 0 saturated carbocycles. The van der Waals surface area contributed by atoms with E-state index in [2.05, 4.69) is 9.97 Å². The molecule has 1 aliphatic heterocycles. The van der Waals surface area contributed by atoms with E-state index in [9.17, 15) is 4.79 Å². The zero-order chi connectivity index (χ0) is 21.1. The molecule has 0 N–H and O–H groups in total. The van der Waals surface area contributed by atoms with Gasteiger partial charge >= 0.3 is 0 Å². The number of ether oxygens (including phenoxy) is 2. The predicted molar refractivity (Wildman–Crippen MR) is 115 cm³/mol. The molecule has 3 aromatic rings. The number of amides is 1. The summed E-state index contributed by atoms with van der Waals surface area (Å²) in [5, 5.41) is 0. The summed E-state index contributed by atoms with van der Waals surface area (Å²) in [4.78, 5) is 25.8. The molecule has 154 valence electrons. The largest absolute Gasteiger partial charge is 0.497 e. The molecule has 7 heteroatoms. The highest BCUT2D eigenvalue weighted by molar-refractivity contribution is 5.96. The second-order valence-electron chi connectivity index (χ2n) is 7.28. The van der Waals surface area contributed by atoms with E-state index in [1.165, 1.54) is 0 Å². The van der Waals surface area contributed by atoms with Gasteiger partial charge < -0.3 is 19.3 Å². The number of benzene rings is 2. The second-order valence-corrected chi connectivity index (χ2v) is 7.28. The molecule has 0 aliphatic carbocycles. The maximum absolute atomic E-state index is 13.1. The minimum Gasteiger partial charge on any atom is -0.497 e. The van der Waals surface area contributed by atoms with Gasteiger partial charge in [-0.2, -0.15) is 4.98 Å². The second kappa shape index (κ2) is 8.41. The van der Waals surface area contributed by atoms with Gasteiger partial charge in [0.25, 0.3) is 5.91 Å². The van der Waals surface area contributed by atoms with Gasteiger partial charge in [-0.3, -0.25) is 4.79 Å². The van der Waals surface area contributed by atoms with E-state index in [1.54, 1.807) is 18.2 Å². The molecule has 0 bridgehead atoms. The highest BCUT2D eigenvalue weighted by Crippen LogP contribution is 2.27. The summed E-state index contributed by atoms with van der Waals surface area (Å²) in [6, 6.07) is 15.6. The van der Waals surface area contributed by atoms with E-state index in [0.29, 0.717) is 37.0 Å². The first-order valence-corrected chi connectivity index (χ1v) is 9.75. The Kier molecular flexibility index (Phi) is 5.52. The summed E-state index contributed by atoms with van der Waals surface area (Å²) in [6.45, 7) is 1.34. The summed E-state index contributed by atoms with van der Waals surface area (Å²) in [7, 11) is 5.60. The summed E-state index contributed by atoms with van der Waals surface area (Å²) in [5.74, 6) is 1.52. The Morgan fingerprint density at radius 3 is 2.70 bits per heavy atom. The molecule has 1 amide bonds. The number of aromatic nitrogens is 2. The van der Waals surface area contributed by atoms with Gasteiger partial charge in [0.1, 0.15) is 17.9 Å². The van der Waals surface area contributed by atoms with Crippen molar-refractivity contribution in [1.29, 1.82) is 0 Å². The first-order valence-electron chi connectivity index (χ1n) is 9.75. The topological polar surface area (TPSA) is 67.8 Å². The van der Waals surface area contributed by atoms with Crippen molar-refractivity contribution < 1.29 is 14.3 Å². The van der Waals surface area contributed by atoms with Crippen LogP contribution in [0.2, 0.25) is 0 Å². The Balaban J connectivity index is 1.58. The number of carbonyl (C=O) groups is 1. The van der Waals surface area contributed by atoms with Crippen LogP contribution in [-0.2, 0) is 6.54 Å². The number of nitrogens with zero attached hydrogens (tertiary/aromatic N) is 4.